The summed E-state index contributed by atoms with van der Waals surface area (Å²) >= 11 is 0. The number of fused-ring (bicyclic) bond motifs is 1. The molecular formula is C19H18F2N2O2. The van der Waals surface area contributed by atoms with E-state index in [1.165, 1.54) is 0 Å². The van der Waals surface area contributed by atoms with Gasteiger partial charge in [0.05, 0.1) is 5.56 Å². The van der Waals surface area contributed by atoms with Crippen LogP contribution in [0.5, 0.6) is 0 Å². The zero-order valence-electron chi connectivity index (χ0n) is 13.8. The maximum Gasteiger partial charge on any atom is 0.258 e. The van der Waals surface area contributed by atoms with E-state index in [1.54, 1.807) is 23.1 Å². The highest BCUT2D eigenvalue weighted by atomic mass is 19.1. The summed E-state index contributed by atoms with van der Waals surface area (Å²) in [5.41, 5.74) is 2.11. The van der Waals surface area contributed by atoms with E-state index < -0.39 is 17.5 Å². The maximum atomic E-state index is 13.7. The van der Waals surface area contributed by atoms with Crippen LogP contribution in [0.25, 0.3) is 0 Å². The Hall–Kier alpha value is -2.76. The number of nitrogens with one attached hydrogen (secondary N) is 1. The number of benzene rings is 2. The maximum absolute atomic E-state index is 13.7. The van der Waals surface area contributed by atoms with Gasteiger partial charge in [-0.25, -0.2) is 8.78 Å². The van der Waals surface area contributed by atoms with Gasteiger partial charge in [0, 0.05) is 30.4 Å². The van der Waals surface area contributed by atoms with Crippen LogP contribution in [0.1, 0.15) is 35.7 Å². The minimum atomic E-state index is -0.907. The van der Waals surface area contributed by atoms with Gasteiger partial charge in [-0.1, -0.05) is 6.92 Å². The van der Waals surface area contributed by atoms with Crippen molar-refractivity contribution < 1.29 is 18.4 Å². The number of rotatable bonds is 4. The van der Waals surface area contributed by atoms with Crippen LogP contribution in [0, 0.1) is 11.6 Å². The molecule has 2 aromatic rings. The van der Waals surface area contributed by atoms with E-state index in [2.05, 4.69) is 5.32 Å². The highest BCUT2D eigenvalue weighted by molar-refractivity contribution is 6.05. The van der Waals surface area contributed by atoms with Crippen molar-refractivity contribution in [2.75, 3.05) is 16.8 Å². The second kappa shape index (κ2) is 7.01. The van der Waals surface area contributed by atoms with E-state index in [0.29, 0.717) is 31.1 Å². The smallest absolute Gasteiger partial charge is 0.258 e. The summed E-state index contributed by atoms with van der Waals surface area (Å²) in [6.07, 6.45) is 1.88. The van der Waals surface area contributed by atoms with E-state index >= 15 is 0 Å². The fraction of sp³-hybridized carbons (Fsp3) is 0.263. The molecule has 0 radical (unpaired) electrons. The molecule has 0 aliphatic carbocycles. The zero-order chi connectivity index (χ0) is 18.0. The summed E-state index contributed by atoms with van der Waals surface area (Å²) in [5.74, 6) is -2.19. The summed E-state index contributed by atoms with van der Waals surface area (Å²) in [4.78, 5) is 26.0. The number of amides is 2. The minimum absolute atomic E-state index is 0.0968. The number of aryl methyl sites for hydroxylation is 1. The van der Waals surface area contributed by atoms with Crippen molar-refractivity contribution in [1.82, 2.24) is 0 Å². The van der Waals surface area contributed by atoms with Gasteiger partial charge in [0.2, 0.25) is 5.91 Å². The second-order valence-electron chi connectivity index (χ2n) is 5.97. The number of hydrogen-bond donors (Lipinski definition) is 1. The molecule has 0 spiro atoms. The minimum Gasteiger partial charge on any atom is -0.322 e. The van der Waals surface area contributed by atoms with Crippen LogP contribution in [-0.2, 0) is 11.2 Å². The van der Waals surface area contributed by atoms with Crippen molar-refractivity contribution >= 4 is 23.2 Å². The summed E-state index contributed by atoms with van der Waals surface area (Å²) < 4.78 is 26.7. The fourth-order valence-electron chi connectivity index (χ4n) is 2.98. The molecule has 3 rings (SSSR count). The van der Waals surface area contributed by atoms with Crippen molar-refractivity contribution in [1.29, 1.82) is 0 Å². The van der Waals surface area contributed by atoms with E-state index in [0.717, 1.165) is 29.8 Å². The van der Waals surface area contributed by atoms with Gasteiger partial charge in [0.25, 0.3) is 5.91 Å². The van der Waals surface area contributed by atoms with Gasteiger partial charge in [-0.15, -0.1) is 0 Å². The quantitative estimate of drug-likeness (QED) is 0.914. The Bertz CT molecular complexity index is 836. The molecule has 1 heterocycles. The number of anilines is 2. The number of hydrogen-bond acceptors (Lipinski definition) is 2. The monoisotopic (exact) mass is 344 g/mol. The summed E-state index contributed by atoms with van der Waals surface area (Å²) in [6.45, 7) is 2.66. The lowest BCUT2D eigenvalue weighted by atomic mass is 10.00. The van der Waals surface area contributed by atoms with Gasteiger partial charge < -0.3 is 10.2 Å². The summed E-state index contributed by atoms with van der Waals surface area (Å²) in [7, 11) is 0. The van der Waals surface area contributed by atoms with Crippen LogP contribution in [0.2, 0.25) is 0 Å². The Labute approximate surface area is 144 Å². The first-order valence-electron chi connectivity index (χ1n) is 8.19. The van der Waals surface area contributed by atoms with E-state index in [4.69, 9.17) is 0 Å². The molecule has 1 aliphatic rings. The molecular weight excluding hydrogens is 326 g/mol. The van der Waals surface area contributed by atoms with Gasteiger partial charge in [-0.3, -0.25) is 9.59 Å². The molecule has 6 heteroatoms. The Kier molecular flexibility index (Phi) is 4.79. The predicted octanol–water partition coefficient (Wildman–Crippen LogP) is 3.91. The second-order valence-corrected chi connectivity index (χ2v) is 5.97. The molecule has 0 unspecified atom stereocenters. The van der Waals surface area contributed by atoms with Crippen LogP contribution < -0.4 is 10.2 Å². The van der Waals surface area contributed by atoms with Gasteiger partial charge >= 0.3 is 0 Å². The Balaban J connectivity index is 1.83. The molecule has 130 valence electrons. The average Bonchev–Trinajstić information content (AvgIpc) is 2.57. The molecule has 0 saturated heterocycles. The van der Waals surface area contributed by atoms with E-state index in [-0.39, 0.29) is 11.5 Å². The highest BCUT2D eigenvalue weighted by Gasteiger charge is 2.23. The highest BCUT2D eigenvalue weighted by Crippen LogP contribution is 2.30. The fourth-order valence-corrected chi connectivity index (χ4v) is 2.98. The first kappa shape index (κ1) is 17.1. The number of halogens is 2. The number of carbonyl (C=O) groups excluding carboxylic acids is 2. The van der Waals surface area contributed by atoms with Gasteiger partial charge in [-0.2, -0.15) is 0 Å². The van der Waals surface area contributed by atoms with Crippen molar-refractivity contribution in [3.05, 3.63) is 59.2 Å². The van der Waals surface area contributed by atoms with E-state index in [9.17, 15) is 18.4 Å². The van der Waals surface area contributed by atoms with Crippen LogP contribution in [0.4, 0.5) is 20.2 Å². The molecule has 0 atom stereocenters. The molecule has 0 aromatic heterocycles. The molecule has 0 saturated carbocycles. The van der Waals surface area contributed by atoms with Gasteiger partial charge in [0.15, 0.2) is 0 Å². The number of carbonyl (C=O) groups is 2. The predicted molar refractivity (Wildman–Crippen MR) is 91.7 cm³/mol. The molecule has 4 nitrogen and oxygen atoms in total. The standard InChI is InChI=1S/C19H18F2N2O2/c1-2-9-23-17-7-5-14(10-12(17)3-8-18(23)24)22-19(25)15-6-4-13(20)11-16(15)21/h4-7,10-11H,2-3,8-9H2,1H3,(H,22,25). The van der Waals surface area contributed by atoms with Crippen molar-refractivity contribution in [2.24, 2.45) is 0 Å². The summed E-state index contributed by atoms with van der Waals surface area (Å²) in [5, 5.41) is 2.62. The third-order valence-corrected chi connectivity index (χ3v) is 4.16. The summed E-state index contributed by atoms with van der Waals surface area (Å²) in [6, 6.07) is 8.09. The van der Waals surface area contributed by atoms with Crippen molar-refractivity contribution in [3.63, 3.8) is 0 Å². The zero-order valence-corrected chi connectivity index (χ0v) is 13.8. The molecule has 0 fully saturated rings. The van der Waals surface area contributed by atoms with Crippen molar-refractivity contribution in [3.8, 4) is 0 Å². The van der Waals surface area contributed by atoms with Crippen LogP contribution in [0.3, 0.4) is 0 Å². The van der Waals surface area contributed by atoms with Gasteiger partial charge in [-0.05, 0) is 48.7 Å². The topological polar surface area (TPSA) is 49.4 Å². The molecule has 2 amide bonds. The molecule has 0 bridgehead atoms. The Morgan fingerprint density at radius 3 is 2.68 bits per heavy atom. The Morgan fingerprint density at radius 2 is 1.96 bits per heavy atom. The SMILES string of the molecule is CCCN1C(=O)CCc2cc(NC(=O)c3ccc(F)cc3F)ccc21. The normalized spacial score (nSPS) is 13.6. The molecule has 2 aromatic carbocycles. The average molecular weight is 344 g/mol. The third kappa shape index (κ3) is 3.52. The lowest BCUT2D eigenvalue weighted by molar-refractivity contribution is -0.118. The van der Waals surface area contributed by atoms with Gasteiger partial charge in [0.1, 0.15) is 11.6 Å². The third-order valence-electron chi connectivity index (χ3n) is 4.16. The van der Waals surface area contributed by atoms with Crippen LogP contribution in [-0.4, -0.2) is 18.4 Å². The lowest BCUT2D eigenvalue weighted by Gasteiger charge is -2.29. The lowest BCUT2D eigenvalue weighted by Crippen LogP contribution is -2.35. The first-order chi connectivity index (χ1) is 12.0. The van der Waals surface area contributed by atoms with Crippen LogP contribution in [0.15, 0.2) is 36.4 Å². The molecule has 25 heavy (non-hydrogen) atoms. The molecule has 1 aliphatic heterocycles. The van der Waals surface area contributed by atoms with Crippen molar-refractivity contribution in [2.45, 2.75) is 26.2 Å². The largest absolute Gasteiger partial charge is 0.322 e. The molecule has 1 N–H and O–H groups in total. The Morgan fingerprint density at radius 1 is 1.16 bits per heavy atom. The first-order valence-corrected chi connectivity index (χ1v) is 8.19. The van der Waals surface area contributed by atoms with E-state index in [1.807, 2.05) is 6.92 Å². The van der Waals surface area contributed by atoms with Crippen LogP contribution >= 0.6 is 0 Å². The number of nitrogens with zero attached hydrogens (tertiary/aromatic N) is 1.